The Kier molecular flexibility index (Phi) is 2.22. The largest absolute Gasteiger partial charge is 0.390 e. The maximum absolute atomic E-state index is 8.94. The summed E-state index contributed by atoms with van der Waals surface area (Å²) in [6, 6.07) is 6.39. The molecule has 2 aromatic rings. The second-order valence-corrected chi connectivity index (χ2v) is 4.12. The number of nitrogens with zero attached hydrogens (tertiary/aromatic N) is 3. The summed E-state index contributed by atoms with van der Waals surface area (Å²) in [6.45, 7) is -0.0645. The number of aromatic nitrogens is 3. The van der Waals surface area contributed by atoms with Gasteiger partial charge in [-0.05, 0) is 42.5 Å². The fraction of sp³-hybridized carbons (Fsp3) is 0.333. The van der Waals surface area contributed by atoms with Gasteiger partial charge in [-0.25, -0.2) is 4.68 Å². The predicted octanol–water partition coefficient (Wildman–Crippen LogP) is 1.25. The molecule has 1 aliphatic carbocycles. The van der Waals surface area contributed by atoms with E-state index >= 15 is 0 Å². The Morgan fingerprint density at radius 3 is 2.94 bits per heavy atom. The third-order valence-corrected chi connectivity index (χ3v) is 3.05. The molecule has 4 nitrogen and oxygen atoms in total. The van der Waals surface area contributed by atoms with Crippen molar-refractivity contribution < 1.29 is 5.11 Å². The monoisotopic (exact) mass is 215 g/mol. The summed E-state index contributed by atoms with van der Waals surface area (Å²) in [4.78, 5) is 0. The van der Waals surface area contributed by atoms with Crippen LogP contribution in [0.25, 0.3) is 5.69 Å². The second-order valence-electron chi connectivity index (χ2n) is 4.12. The van der Waals surface area contributed by atoms with Crippen LogP contribution in [0.4, 0.5) is 0 Å². The van der Waals surface area contributed by atoms with Gasteiger partial charge in [0.25, 0.3) is 0 Å². The van der Waals surface area contributed by atoms with Gasteiger partial charge in [0.15, 0.2) is 0 Å². The molecule has 0 atom stereocenters. The maximum atomic E-state index is 8.94. The molecule has 0 amide bonds. The number of aliphatic hydroxyl groups is 1. The van der Waals surface area contributed by atoms with Crippen molar-refractivity contribution in [2.75, 3.05) is 0 Å². The first-order chi connectivity index (χ1) is 7.86. The Bertz CT molecular complexity index is 519. The third kappa shape index (κ3) is 1.51. The van der Waals surface area contributed by atoms with E-state index in [-0.39, 0.29) is 6.61 Å². The zero-order chi connectivity index (χ0) is 11.0. The molecule has 82 valence electrons. The van der Waals surface area contributed by atoms with Gasteiger partial charge in [-0.3, -0.25) is 0 Å². The van der Waals surface area contributed by atoms with Gasteiger partial charge in [0.1, 0.15) is 5.69 Å². The second kappa shape index (κ2) is 3.72. The molecule has 1 aliphatic rings. The van der Waals surface area contributed by atoms with Gasteiger partial charge in [-0.1, -0.05) is 11.3 Å². The molecule has 0 saturated carbocycles. The van der Waals surface area contributed by atoms with Crippen LogP contribution in [0, 0.1) is 0 Å². The van der Waals surface area contributed by atoms with E-state index in [1.165, 1.54) is 24.0 Å². The van der Waals surface area contributed by atoms with Crippen molar-refractivity contribution in [2.45, 2.75) is 25.9 Å². The van der Waals surface area contributed by atoms with E-state index in [4.69, 9.17) is 5.11 Å². The fourth-order valence-electron chi connectivity index (χ4n) is 2.20. The number of fused-ring (bicyclic) bond motifs is 1. The van der Waals surface area contributed by atoms with E-state index in [1.807, 2.05) is 0 Å². The quantitative estimate of drug-likeness (QED) is 0.820. The Morgan fingerprint density at radius 2 is 2.12 bits per heavy atom. The predicted molar refractivity (Wildman–Crippen MR) is 59.3 cm³/mol. The minimum Gasteiger partial charge on any atom is -0.390 e. The molecular weight excluding hydrogens is 202 g/mol. The van der Waals surface area contributed by atoms with Crippen LogP contribution < -0.4 is 0 Å². The highest BCUT2D eigenvalue weighted by molar-refractivity contribution is 5.42. The Balaban J connectivity index is 2.00. The molecule has 4 heteroatoms. The molecule has 0 unspecified atom stereocenters. The van der Waals surface area contributed by atoms with Gasteiger partial charge >= 0.3 is 0 Å². The molecule has 0 bridgehead atoms. The lowest BCUT2D eigenvalue weighted by atomic mass is 10.1. The maximum Gasteiger partial charge on any atom is 0.109 e. The summed E-state index contributed by atoms with van der Waals surface area (Å²) in [6.07, 6.45) is 5.36. The zero-order valence-electron chi connectivity index (χ0n) is 8.93. The highest BCUT2D eigenvalue weighted by atomic mass is 16.3. The number of aryl methyl sites for hydroxylation is 2. The summed E-state index contributed by atoms with van der Waals surface area (Å²) < 4.78 is 1.71. The molecule has 1 N–H and O–H groups in total. The summed E-state index contributed by atoms with van der Waals surface area (Å²) in [5.41, 5.74) is 4.48. The minimum atomic E-state index is -0.0645. The van der Waals surface area contributed by atoms with Crippen LogP contribution in [0.3, 0.4) is 0 Å². The Hall–Kier alpha value is -1.68. The van der Waals surface area contributed by atoms with Crippen LogP contribution in [0.2, 0.25) is 0 Å². The molecule has 3 rings (SSSR count). The normalized spacial score (nSPS) is 14.1. The van der Waals surface area contributed by atoms with Gasteiger partial charge in [0.2, 0.25) is 0 Å². The molecule has 0 aliphatic heterocycles. The zero-order valence-corrected chi connectivity index (χ0v) is 8.93. The standard InChI is InChI=1S/C12H13N3O/c16-8-11-7-15(14-13-11)12-5-4-9-2-1-3-10(9)6-12/h4-7,16H,1-3,8H2. The first kappa shape index (κ1) is 9.54. The minimum absolute atomic E-state index is 0.0645. The van der Waals surface area contributed by atoms with Crippen molar-refractivity contribution in [3.63, 3.8) is 0 Å². The Labute approximate surface area is 93.5 Å². The molecular formula is C12H13N3O. The topological polar surface area (TPSA) is 50.9 Å². The van der Waals surface area contributed by atoms with Crippen LogP contribution in [-0.4, -0.2) is 20.1 Å². The average molecular weight is 215 g/mol. The first-order valence-electron chi connectivity index (χ1n) is 5.51. The lowest BCUT2D eigenvalue weighted by Crippen LogP contribution is -1.96. The number of aliphatic hydroxyl groups excluding tert-OH is 1. The van der Waals surface area contributed by atoms with Crippen LogP contribution >= 0.6 is 0 Å². The van der Waals surface area contributed by atoms with Crippen molar-refractivity contribution in [2.24, 2.45) is 0 Å². The Morgan fingerprint density at radius 1 is 1.25 bits per heavy atom. The van der Waals surface area contributed by atoms with Crippen molar-refractivity contribution in [1.82, 2.24) is 15.0 Å². The summed E-state index contributed by atoms with van der Waals surface area (Å²) in [7, 11) is 0. The van der Waals surface area contributed by atoms with Gasteiger partial charge in [0.05, 0.1) is 18.5 Å². The molecule has 0 saturated heterocycles. The molecule has 1 aromatic carbocycles. The van der Waals surface area contributed by atoms with Gasteiger partial charge in [0, 0.05) is 0 Å². The fourth-order valence-corrected chi connectivity index (χ4v) is 2.20. The summed E-state index contributed by atoms with van der Waals surface area (Å²) in [5, 5.41) is 16.8. The third-order valence-electron chi connectivity index (χ3n) is 3.05. The smallest absolute Gasteiger partial charge is 0.109 e. The van der Waals surface area contributed by atoms with Crippen LogP contribution in [0.1, 0.15) is 23.2 Å². The highest BCUT2D eigenvalue weighted by Gasteiger charge is 2.11. The van der Waals surface area contributed by atoms with E-state index in [1.54, 1.807) is 10.9 Å². The van der Waals surface area contributed by atoms with Gasteiger partial charge in [-0.15, -0.1) is 5.10 Å². The SMILES string of the molecule is OCc1cn(-c2ccc3c(c2)CCC3)nn1. The van der Waals surface area contributed by atoms with E-state index < -0.39 is 0 Å². The summed E-state index contributed by atoms with van der Waals surface area (Å²) in [5.74, 6) is 0. The van der Waals surface area contributed by atoms with E-state index in [2.05, 4.69) is 28.5 Å². The van der Waals surface area contributed by atoms with Crippen LogP contribution in [0.5, 0.6) is 0 Å². The average Bonchev–Trinajstić information content (AvgIpc) is 2.96. The molecule has 0 spiro atoms. The van der Waals surface area contributed by atoms with Crippen LogP contribution in [-0.2, 0) is 19.4 Å². The van der Waals surface area contributed by atoms with Crippen molar-refractivity contribution >= 4 is 0 Å². The van der Waals surface area contributed by atoms with Gasteiger partial charge in [-0.2, -0.15) is 0 Å². The van der Waals surface area contributed by atoms with Gasteiger partial charge < -0.3 is 5.11 Å². The van der Waals surface area contributed by atoms with Crippen molar-refractivity contribution in [3.8, 4) is 5.69 Å². The van der Waals surface area contributed by atoms with Crippen molar-refractivity contribution in [1.29, 1.82) is 0 Å². The number of benzene rings is 1. The number of hydrogen-bond donors (Lipinski definition) is 1. The number of rotatable bonds is 2. The highest BCUT2D eigenvalue weighted by Crippen LogP contribution is 2.24. The first-order valence-corrected chi connectivity index (χ1v) is 5.51. The lowest BCUT2D eigenvalue weighted by molar-refractivity contribution is 0.276. The molecule has 0 radical (unpaired) electrons. The van der Waals surface area contributed by atoms with E-state index in [0.29, 0.717) is 5.69 Å². The van der Waals surface area contributed by atoms with E-state index in [9.17, 15) is 0 Å². The summed E-state index contributed by atoms with van der Waals surface area (Å²) >= 11 is 0. The van der Waals surface area contributed by atoms with Crippen LogP contribution in [0.15, 0.2) is 24.4 Å². The molecule has 16 heavy (non-hydrogen) atoms. The molecule has 0 fully saturated rings. The van der Waals surface area contributed by atoms with E-state index in [0.717, 1.165) is 12.1 Å². The number of hydrogen-bond acceptors (Lipinski definition) is 3. The van der Waals surface area contributed by atoms with Crippen molar-refractivity contribution in [3.05, 3.63) is 41.2 Å². The molecule has 1 heterocycles. The molecule has 1 aromatic heterocycles. The lowest BCUT2D eigenvalue weighted by Gasteiger charge is -2.03.